The van der Waals surface area contributed by atoms with Crippen molar-refractivity contribution in [3.8, 4) is 0 Å². The van der Waals surface area contributed by atoms with Crippen molar-refractivity contribution in [1.29, 1.82) is 0 Å². The molecule has 0 radical (unpaired) electrons. The molecule has 0 aliphatic carbocycles. The molecule has 0 aliphatic rings. The highest BCUT2D eigenvalue weighted by molar-refractivity contribution is 7.09. The molecule has 5 nitrogen and oxygen atoms in total. The Hall–Kier alpha value is -2.54. The predicted molar refractivity (Wildman–Crippen MR) is 167 cm³/mol. The first kappa shape index (κ1) is 33.5. The summed E-state index contributed by atoms with van der Waals surface area (Å²) in [6.07, 6.45) is 11.4. The van der Waals surface area contributed by atoms with Crippen molar-refractivity contribution in [2.45, 2.75) is 86.2 Å². The third-order valence-corrected chi connectivity index (χ3v) is 6.98. The average Bonchev–Trinajstić information content (AvgIpc) is 3.45. The van der Waals surface area contributed by atoms with Gasteiger partial charge in [0.2, 0.25) is 0 Å². The number of nitrogens with zero attached hydrogens (tertiary/aromatic N) is 3. The number of hydrogen-bond acceptors (Lipinski definition) is 5. The minimum Gasteiger partial charge on any atom is -0.387 e. The first-order valence-electron chi connectivity index (χ1n) is 13.9. The molecule has 0 saturated carbocycles. The van der Waals surface area contributed by atoms with Crippen molar-refractivity contribution in [3.05, 3.63) is 82.1 Å². The number of aliphatic hydroxyl groups is 1. The fourth-order valence-corrected chi connectivity index (χ4v) is 4.69. The molecule has 2 heterocycles. The zero-order chi connectivity index (χ0) is 28.5. The molecular formula is C32H50N4OS. The van der Waals surface area contributed by atoms with Crippen molar-refractivity contribution < 1.29 is 5.11 Å². The van der Waals surface area contributed by atoms with E-state index in [0.29, 0.717) is 12.5 Å². The molecule has 0 aliphatic heterocycles. The molecule has 0 bridgehead atoms. The van der Waals surface area contributed by atoms with Gasteiger partial charge in [-0.3, -0.25) is 0 Å². The summed E-state index contributed by atoms with van der Waals surface area (Å²) in [6, 6.07) is 6.41. The number of imidazole rings is 1. The molecule has 2 N–H and O–H groups in total. The molecule has 210 valence electrons. The highest BCUT2D eigenvalue weighted by atomic mass is 32.1. The van der Waals surface area contributed by atoms with Crippen molar-refractivity contribution in [3.63, 3.8) is 0 Å². The molecule has 0 spiro atoms. The van der Waals surface area contributed by atoms with Crippen LogP contribution in [0.25, 0.3) is 11.0 Å². The fraction of sp³-hybridized carbons (Fsp3) is 0.500. The Balaban J connectivity index is 0.000000428. The summed E-state index contributed by atoms with van der Waals surface area (Å²) >= 11 is 1.75. The Kier molecular flexibility index (Phi) is 16.5. The van der Waals surface area contributed by atoms with Gasteiger partial charge in [-0.15, -0.1) is 11.3 Å². The van der Waals surface area contributed by atoms with E-state index in [1.807, 2.05) is 39.1 Å². The Bertz CT molecular complexity index is 1140. The highest BCUT2D eigenvalue weighted by Crippen LogP contribution is 2.23. The first-order chi connectivity index (χ1) is 18.3. The van der Waals surface area contributed by atoms with Gasteiger partial charge in [0.15, 0.2) is 0 Å². The second kappa shape index (κ2) is 18.7. The van der Waals surface area contributed by atoms with Gasteiger partial charge >= 0.3 is 0 Å². The molecule has 1 unspecified atom stereocenters. The minimum absolute atomic E-state index is 0.523. The molecule has 38 heavy (non-hydrogen) atoms. The van der Waals surface area contributed by atoms with Crippen molar-refractivity contribution in [2.24, 2.45) is 7.05 Å². The summed E-state index contributed by atoms with van der Waals surface area (Å²) in [5.41, 5.74) is 5.60. The SMILES string of the molecule is C=C/C=C(\C=C/C)C(O)CNCCc1ccc2c(c1)nc(C)n2C.CCC.CCC(CC)c1csc(C)n1. The molecule has 6 heteroatoms. The van der Waals surface area contributed by atoms with Gasteiger partial charge in [0.05, 0.1) is 27.8 Å². The molecule has 2 aromatic heterocycles. The maximum atomic E-state index is 10.2. The third-order valence-electron chi connectivity index (χ3n) is 6.19. The predicted octanol–water partition coefficient (Wildman–Crippen LogP) is 7.83. The first-order valence-corrected chi connectivity index (χ1v) is 14.8. The smallest absolute Gasteiger partial charge is 0.106 e. The van der Waals surface area contributed by atoms with Crippen LogP contribution in [-0.4, -0.2) is 38.8 Å². The normalized spacial score (nSPS) is 12.3. The largest absolute Gasteiger partial charge is 0.387 e. The monoisotopic (exact) mass is 538 g/mol. The Morgan fingerprint density at radius 2 is 1.84 bits per heavy atom. The lowest BCUT2D eigenvalue weighted by atomic mass is 10.0. The van der Waals surface area contributed by atoms with Crippen LogP contribution in [0, 0.1) is 13.8 Å². The lowest BCUT2D eigenvalue weighted by Crippen LogP contribution is -2.29. The number of thiazole rings is 1. The van der Waals surface area contributed by atoms with Crippen LogP contribution in [0.15, 0.2) is 60.0 Å². The number of allylic oxidation sites excluding steroid dienone is 3. The average molecular weight is 539 g/mol. The second-order valence-corrected chi connectivity index (χ2v) is 10.5. The standard InChI is InChI=1S/C20H27N3O.C9H15NS.C3H8/c1-5-7-17(8-6-2)20(24)14-21-12-11-16-9-10-19-18(13-16)22-15(3)23(19)4;1-4-8(5-2)9-6-11-7(3)10-9;1-3-2/h5-10,13,20-21,24H,1,11-12,14H2,2-4H3;6,8H,4-5H2,1-3H3;3H2,1-2H3/b8-6-,17-7+;;. The highest BCUT2D eigenvalue weighted by Gasteiger charge is 2.09. The number of aliphatic hydroxyl groups excluding tert-OH is 1. The van der Waals surface area contributed by atoms with Crippen molar-refractivity contribution in [1.82, 2.24) is 19.9 Å². The molecule has 1 atom stereocenters. The Labute approximate surface area is 235 Å². The lowest BCUT2D eigenvalue weighted by molar-refractivity contribution is 0.211. The maximum absolute atomic E-state index is 10.2. The maximum Gasteiger partial charge on any atom is 0.106 e. The fourth-order valence-electron chi connectivity index (χ4n) is 3.99. The number of nitrogens with one attached hydrogen (secondary N) is 1. The van der Waals surface area contributed by atoms with Crippen LogP contribution >= 0.6 is 11.3 Å². The number of aromatic nitrogens is 3. The minimum atomic E-state index is -0.528. The third kappa shape index (κ3) is 11.1. The number of aryl methyl sites for hydroxylation is 3. The van der Waals surface area contributed by atoms with Crippen LogP contribution < -0.4 is 5.32 Å². The van der Waals surface area contributed by atoms with E-state index in [1.54, 1.807) is 17.4 Å². The van der Waals surface area contributed by atoms with E-state index >= 15 is 0 Å². The zero-order valence-corrected chi connectivity index (χ0v) is 25.7. The van der Waals surface area contributed by atoms with Gasteiger partial charge < -0.3 is 15.0 Å². The van der Waals surface area contributed by atoms with Crippen LogP contribution in [0.1, 0.15) is 81.9 Å². The van der Waals surface area contributed by atoms with E-state index in [4.69, 9.17) is 0 Å². The molecular weight excluding hydrogens is 488 g/mol. The number of benzene rings is 1. The van der Waals surface area contributed by atoms with E-state index in [9.17, 15) is 5.11 Å². The van der Waals surface area contributed by atoms with Gasteiger partial charge in [0, 0.05) is 24.9 Å². The van der Waals surface area contributed by atoms with Gasteiger partial charge in [0.25, 0.3) is 0 Å². The van der Waals surface area contributed by atoms with Crippen LogP contribution in [0.4, 0.5) is 0 Å². The summed E-state index contributed by atoms with van der Waals surface area (Å²) in [5, 5.41) is 16.9. The van der Waals surface area contributed by atoms with Crippen LogP contribution in [0.3, 0.4) is 0 Å². The van der Waals surface area contributed by atoms with Crippen LogP contribution in [0.5, 0.6) is 0 Å². The molecule has 3 rings (SSSR count). The Morgan fingerprint density at radius 3 is 2.39 bits per heavy atom. The van der Waals surface area contributed by atoms with Gasteiger partial charge in [-0.25, -0.2) is 9.97 Å². The van der Waals surface area contributed by atoms with Crippen molar-refractivity contribution in [2.75, 3.05) is 13.1 Å². The molecule has 0 fully saturated rings. The summed E-state index contributed by atoms with van der Waals surface area (Å²) in [6.45, 7) is 19.7. The molecule has 1 aromatic carbocycles. The van der Waals surface area contributed by atoms with Gasteiger partial charge in [-0.2, -0.15) is 0 Å². The van der Waals surface area contributed by atoms with E-state index in [0.717, 1.165) is 35.4 Å². The quantitative estimate of drug-likeness (QED) is 0.193. The van der Waals surface area contributed by atoms with Crippen molar-refractivity contribution >= 4 is 22.4 Å². The van der Waals surface area contributed by atoms with E-state index in [2.05, 4.69) is 84.6 Å². The van der Waals surface area contributed by atoms with E-state index in [-0.39, 0.29) is 0 Å². The number of hydrogen-bond donors (Lipinski definition) is 2. The number of fused-ring (bicyclic) bond motifs is 1. The van der Waals surface area contributed by atoms with Gasteiger partial charge in [-0.1, -0.05) is 71.1 Å². The Morgan fingerprint density at radius 1 is 1.16 bits per heavy atom. The van der Waals surface area contributed by atoms with Gasteiger partial charge in [0.1, 0.15) is 5.82 Å². The molecule has 0 saturated heterocycles. The van der Waals surface area contributed by atoms with E-state index in [1.165, 1.54) is 35.5 Å². The van der Waals surface area contributed by atoms with Crippen LogP contribution in [-0.2, 0) is 13.5 Å². The molecule has 0 amide bonds. The summed E-state index contributed by atoms with van der Waals surface area (Å²) in [7, 11) is 2.03. The molecule has 3 aromatic rings. The second-order valence-electron chi connectivity index (χ2n) is 9.43. The topological polar surface area (TPSA) is 63.0 Å². The summed E-state index contributed by atoms with van der Waals surface area (Å²) < 4.78 is 2.10. The lowest BCUT2D eigenvalue weighted by Gasteiger charge is -2.13. The van der Waals surface area contributed by atoms with E-state index < -0.39 is 6.10 Å². The zero-order valence-electron chi connectivity index (χ0n) is 24.9. The summed E-state index contributed by atoms with van der Waals surface area (Å²) in [4.78, 5) is 9.04. The van der Waals surface area contributed by atoms with Crippen LogP contribution in [0.2, 0.25) is 0 Å². The number of rotatable bonds is 11. The van der Waals surface area contributed by atoms with Gasteiger partial charge in [-0.05, 0) is 69.8 Å². The summed E-state index contributed by atoms with van der Waals surface area (Å²) in [5.74, 6) is 1.70.